The molecule has 7 heteroatoms. The molecular formula is C22H30O7. The molecule has 0 aliphatic heterocycles. The van der Waals surface area contributed by atoms with Gasteiger partial charge in [0, 0.05) is 5.56 Å². The summed E-state index contributed by atoms with van der Waals surface area (Å²) in [4.78, 5) is 22.5. The number of aryl methyl sites for hydroxylation is 1. The fourth-order valence-electron chi connectivity index (χ4n) is 4.23. The van der Waals surface area contributed by atoms with Gasteiger partial charge in [-0.25, -0.2) is 0 Å². The molecule has 5 N–H and O–H groups in total. The van der Waals surface area contributed by atoms with Gasteiger partial charge in [0.15, 0.2) is 11.5 Å². The van der Waals surface area contributed by atoms with Crippen LogP contribution in [-0.2, 0) is 22.4 Å². The van der Waals surface area contributed by atoms with Gasteiger partial charge >= 0.3 is 11.9 Å². The summed E-state index contributed by atoms with van der Waals surface area (Å²) in [7, 11) is 0. The normalized spacial score (nSPS) is 18.3. The second-order valence-corrected chi connectivity index (χ2v) is 8.82. The molecule has 2 saturated carbocycles. The molecule has 0 saturated heterocycles. The minimum Gasteiger partial charge on any atom is -0.504 e. The predicted octanol–water partition coefficient (Wildman–Crippen LogP) is 3.96. The van der Waals surface area contributed by atoms with Crippen LogP contribution in [0.2, 0.25) is 0 Å². The lowest BCUT2D eigenvalue weighted by Crippen LogP contribution is -2.14. The van der Waals surface area contributed by atoms with Crippen molar-refractivity contribution in [3.63, 3.8) is 0 Å². The van der Waals surface area contributed by atoms with Crippen molar-refractivity contribution in [2.75, 3.05) is 0 Å². The van der Waals surface area contributed by atoms with Crippen LogP contribution in [0.1, 0.15) is 75.3 Å². The Hall–Kier alpha value is -2.44. The monoisotopic (exact) mass is 406 g/mol. The van der Waals surface area contributed by atoms with E-state index in [1.807, 2.05) is 0 Å². The van der Waals surface area contributed by atoms with Crippen LogP contribution in [-0.4, -0.2) is 37.5 Å². The zero-order valence-electron chi connectivity index (χ0n) is 16.6. The molecule has 0 heterocycles. The van der Waals surface area contributed by atoms with E-state index in [-0.39, 0.29) is 11.5 Å². The van der Waals surface area contributed by atoms with Gasteiger partial charge in [-0.15, -0.1) is 0 Å². The summed E-state index contributed by atoms with van der Waals surface area (Å²) in [5.41, 5.74) is 0.215. The average molecular weight is 406 g/mol. The molecule has 0 bridgehead atoms. The Balaban J connectivity index is 1.56. The molecular weight excluding hydrogens is 376 g/mol. The highest BCUT2D eigenvalue weighted by Gasteiger charge is 2.49. The van der Waals surface area contributed by atoms with Gasteiger partial charge in [0.1, 0.15) is 0 Å². The molecule has 0 radical (unpaired) electrons. The van der Waals surface area contributed by atoms with Crippen molar-refractivity contribution in [2.24, 2.45) is 10.8 Å². The van der Waals surface area contributed by atoms with E-state index in [4.69, 9.17) is 0 Å². The van der Waals surface area contributed by atoms with Gasteiger partial charge in [-0.1, -0.05) is 12.8 Å². The highest BCUT2D eigenvalue weighted by atomic mass is 16.4. The molecule has 0 atom stereocenters. The second kappa shape index (κ2) is 8.13. The standard InChI is InChI=1S/C22H30O7/c23-16-13-14(5-1-3-7-21(9-10-21)19(26)27)15(17(24)18(16)25)6-2-4-8-22(11-12-22)20(28)29/h13,23-25H,1-12H2,(H,26,27)(H,28,29). The number of hydrogen-bond acceptors (Lipinski definition) is 5. The molecule has 0 aromatic heterocycles. The smallest absolute Gasteiger partial charge is 0.309 e. The molecule has 3 rings (SSSR count). The lowest BCUT2D eigenvalue weighted by atomic mass is 9.92. The molecule has 2 aliphatic carbocycles. The number of unbranched alkanes of at least 4 members (excludes halogenated alkanes) is 2. The zero-order valence-corrected chi connectivity index (χ0v) is 16.6. The maximum absolute atomic E-state index is 11.3. The maximum Gasteiger partial charge on any atom is 0.309 e. The van der Waals surface area contributed by atoms with Crippen LogP contribution in [0.15, 0.2) is 6.07 Å². The lowest BCUT2D eigenvalue weighted by Gasteiger charge is -2.15. The minimum atomic E-state index is -0.738. The highest BCUT2D eigenvalue weighted by molar-refractivity contribution is 5.78. The van der Waals surface area contributed by atoms with Crippen molar-refractivity contribution in [3.8, 4) is 17.2 Å². The quantitative estimate of drug-likeness (QED) is 0.262. The predicted molar refractivity (Wildman–Crippen MR) is 105 cm³/mol. The number of phenolic OH excluding ortho intramolecular Hbond substituents is 3. The Kier molecular flexibility index (Phi) is 5.96. The number of rotatable bonds is 12. The third-order valence-electron chi connectivity index (χ3n) is 6.75. The molecule has 0 amide bonds. The van der Waals surface area contributed by atoms with E-state index in [2.05, 4.69) is 0 Å². The van der Waals surface area contributed by atoms with Gasteiger partial charge < -0.3 is 25.5 Å². The molecule has 2 aliphatic rings. The number of carbonyl (C=O) groups is 2. The molecule has 29 heavy (non-hydrogen) atoms. The number of aromatic hydroxyl groups is 3. The molecule has 1 aromatic carbocycles. The Morgan fingerprint density at radius 3 is 1.69 bits per heavy atom. The topological polar surface area (TPSA) is 135 Å². The Morgan fingerprint density at radius 1 is 0.759 bits per heavy atom. The highest BCUT2D eigenvalue weighted by Crippen LogP contribution is 2.51. The van der Waals surface area contributed by atoms with Gasteiger partial charge in [0.05, 0.1) is 10.8 Å². The number of carboxylic acids is 2. The van der Waals surface area contributed by atoms with Crippen molar-refractivity contribution in [2.45, 2.75) is 77.0 Å². The molecule has 7 nitrogen and oxygen atoms in total. The summed E-state index contributed by atoms with van der Waals surface area (Å²) in [6, 6.07) is 1.47. The molecule has 2 fully saturated rings. The summed E-state index contributed by atoms with van der Waals surface area (Å²) >= 11 is 0. The van der Waals surface area contributed by atoms with Crippen LogP contribution in [0.5, 0.6) is 17.2 Å². The van der Waals surface area contributed by atoms with E-state index >= 15 is 0 Å². The van der Waals surface area contributed by atoms with E-state index in [9.17, 15) is 35.1 Å². The molecule has 0 unspecified atom stereocenters. The number of hydrogen-bond donors (Lipinski definition) is 5. The fraction of sp³-hybridized carbons (Fsp3) is 0.636. The summed E-state index contributed by atoms with van der Waals surface area (Å²) < 4.78 is 0. The Labute approximate surface area is 170 Å². The van der Waals surface area contributed by atoms with E-state index in [0.29, 0.717) is 44.1 Å². The van der Waals surface area contributed by atoms with Crippen molar-refractivity contribution in [3.05, 3.63) is 17.2 Å². The van der Waals surface area contributed by atoms with E-state index < -0.39 is 28.5 Å². The third-order valence-corrected chi connectivity index (χ3v) is 6.75. The zero-order chi connectivity index (χ0) is 21.2. The van der Waals surface area contributed by atoms with Crippen LogP contribution in [0.4, 0.5) is 0 Å². The maximum atomic E-state index is 11.3. The largest absolute Gasteiger partial charge is 0.504 e. The van der Waals surface area contributed by atoms with Crippen molar-refractivity contribution < 1.29 is 35.1 Å². The summed E-state index contributed by atoms with van der Waals surface area (Å²) in [6.45, 7) is 0. The molecule has 1 aromatic rings. The van der Waals surface area contributed by atoms with Crippen LogP contribution < -0.4 is 0 Å². The van der Waals surface area contributed by atoms with Crippen LogP contribution in [0, 0.1) is 10.8 Å². The number of benzene rings is 1. The average Bonchev–Trinajstić information content (AvgIpc) is 3.57. The summed E-state index contributed by atoms with van der Waals surface area (Å²) in [5, 5.41) is 48.6. The number of carboxylic acid groups (broad SMARTS) is 2. The van der Waals surface area contributed by atoms with Gasteiger partial charge in [0.2, 0.25) is 5.75 Å². The second-order valence-electron chi connectivity index (χ2n) is 8.82. The first-order chi connectivity index (χ1) is 13.7. The van der Waals surface area contributed by atoms with Gasteiger partial charge in [0.25, 0.3) is 0 Å². The first-order valence-electron chi connectivity index (χ1n) is 10.4. The van der Waals surface area contributed by atoms with Crippen molar-refractivity contribution >= 4 is 11.9 Å². The van der Waals surface area contributed by atoms with Gasteiger partial charge in [-0.3, -0.25) is 9.59 Å². The number of aliphatic carboxylic acids is 2. The van der Waals surface area contributed by atoms with Crippen LogP contribution >= 0.6 is 0 Å². The Bertz CT molecular complexity index is 791. The van der Waals surface area contributed by atoms with E-state index in [1.165, 1.54) is 6.07 Å². The lowest BCUT2D eigenvalue weighted by molar-refractivity contribution is -0.144. The van der Waals surface area contributed by atoms with Crippen molar-refractivity contribution in [1.82, 2.24) is 0 Å². The van der Waals surface area contributed by atoms with Gasteiger partial charge in [-0.05, 0) is 75.8 Å². The first-order valence-corrected chi connectivity index (χ1v) is 10.4. The number of phenols is 3. The Morgan fingerprint density at radius 2 is 1.24 bits per heavy atom. The minimum absolute atomic E-state index is 0.316. The van der Waals surface area contributed by atoms with Crippen molar-refractivity contribution in [1.29, 1.82) is 0 Å². The van der Waals surface area contributed by atoms with Crippen LogP contribution in [0.3, 0.4) is 0 Å². The molecule has 0 spiro atoms. The van der Waals surface area contributed by atoms with E-state index in [1.54, 1.807) is 0 Å². The van der Waals surface area contributed by atoms with E-state index in [0.717, 1.165) is 44.1 Å². The van der Waals surface area contributed by atoms with Crippen LogP contribution in [0.25, 0.3) is 0 Å². The molecule has 160 valence electrons. The first kappa shape index (κ1) is 21.3. The van der Waals surface area contributed by atoms with Gasteiger partial charge in [-0.2, -0.15) is 0 Å². The third kappa shape index (κ3) is 4.60. The summed E-state index contributed by atoms with van der Waals surface area (Å²) in [5.74, 6) is -2.68. The fourth-order valence-corrected chi connectivity index (χ4v) is 4.23. The SMILES string of the molecule is O=C(O)C1(CCCCc2cc(O)c(O)c(O)c2CCCCC2(C(=O)O)CC2)CC1. The summed E-state index contributed by atoms with van der Waals surface area (Å²) in [6.07, 6.45) is 8.07.